The molecule has 0 radical (unpaired) electrons. The number of likely N-dealkylation sites (N-methyl/N-ethyl adjacent to an activating group) is 1. The number of aryl methyl sites for hydroxylation is 1. The second-order valence-corrected chi connectivity index (χ2v) is 5.02. The first-order valence-corrected chi connectivity index (χ1v) is 7.17. The van der Waals surface area contributed by atoms with E-state index in [9.17, 15) is 4.79 Å². The first-order chi connectivity index (χ1) is 9.08. The molecule has 19 heavy (non-hydrogen) atoms. The van der Waals surface area contributed by atoms with Gasteiger partial charge in [0.15, 0.2) is 0 Å². The van der Waals surface area contributed by atoms with E-state index >= 15 is 0 Å². The maximum absolute atomic E-state index is 11.7. The van der Waals surface area contributed by atoms with Crippen LogP contribution in [0, 0.1) is 12.8 Å². The fourth-order valence-electron chi connectivity index (χ4n) is 1.97. The predicted octanol–water partition coefficient (Wildman–Crippen LogP) is 2.98. The molecule has 0 saturated carbocycles. The zero-order valence-corrected chi connectivity index (χ0v) is 12.6. The Morgan fingerprint density at radius 1 is 1.37 bits per heavy atom. The molecule has 0 saturated heterocycles. The molecule has 0 heterocycles. The number of carbonyl (C=O) groups excluding carboxylic acids is 1. The molecule has 0 aromatic heterocycles. The molecule has 1 atom stereocenters. The Balaban J connectivity index is 2.48. The molecule has 1 amide bonds. The number of rotatable bonds is 7. The van der Waals surface area contributed by atoms with Gasteiger partial charge in [-0.25, -0.2) is 0 Å². The van der Waals surface area contributed by atoms with Crippen LogP contribution in [-0.4, -0.2) is 25.5 Å². The molecule has 3 nitrogen and oxygen atoms in total. The lowest BCUT2D eigenvalue weighted by molar-refractivity contribution is -0.124. The Morgan fingerprint density at radius 2 is 2.11 bits per heavy atom. The van der Waals surface area contributed by atoms with Gasteiger partial charge in [-0.2, -0.15) is 0 Å². The van der Waals surface area contributed by atoms with E-state index in [2.05, 4.69) is 48.3 Å². The predicted molar refractivity (Wildman–Crippen MR) is 81.5 cm³/mol. The smallest absolute Gasteiger partial charge is 0.222 e. The highest BCUT2D eigenvalue weighted by Crippen LogP contribution is 2.15. The first kappa shape index (κ1) is 15.5. The van der Waals surface area contributed by atoms with Gasteiger partial charge < -0.3 is 10.2 Å². The second kappa shape index (κ2) is 7.82. The lowest BCUT2D eigenvalue weighted by Crippen LogP contribution is -2.37. The third kappa shape index (κ3) is 4.93. The van der Waals surface area contributed by atoms with Crippen LogP contribution in [0.5, 0.6) is 0 Å². The number of amides is 1. The summed E-state index contributed by atoms with van der Waals surface area (Å²) in [6, 6.07) is 8.47. The highest BCUT2D eigenvalue weighted by molar-refractivity contribution is 5.78. The summed E-state index contributed by atoms with van der Waals surface area (Å²) in [7, 11) is 0. The summed E-state index contributed by atoms with van der Waals surface area (Å²) in [6.07, 6.45) is 0.890. The van der Waals surface area contributed by atoms with Crippen molar-refractivity contribution in [2.45, 2.75) is 34.1 Å². The van der Waals surface area contributed by atoms with E-state index in [0.717, 1.165) is 19.5 Å². The van der Waals surface area contributed by atoms with Gasteiger partial charge in [0.25, 0.3) is 0 Å². The van der Waals surface area contributed by atoms with Gasteiger partial charge in [-0.1, -0.05) is 26.0 Å². The number of carbonyl (C=O) groups is 1. The number of hydrogen-bond acceptors (Lipinski definition) is 2. The zero-order chi connectivity index (χ0) is 14.3. The van der Waals surface area contributed by atoms with Crippen molar-refractivity contribution in [3.05, 3.63) is 29.8 Å². The molecular weight excluding hydrogens is 236 g/mol. The van der Waals surface area contributed by atoms with Crippen molar-refractivity contribution in [3.63, 3.8) is 0 Å². The van der Waals surface area contributed by atoms with Crippen molar-refractivity contribution in [1.82, 2.24) is 5.32 Å². The third-order valence-electron chi connectivity index (χ3n) is 3.49. The van der Waals surface area contributed by atoms with Crippen molar-refractivity contribution in [2.24, 2.45) is 5.92 Å². The Bertz CT molecular complexity index is 403. The van der Waals surface area contributed by atoms with E-state index in [1.165, 1.54) is 11.3 Å². The molecule has 0 spiro atoms. The molecule has 0 bridgehead atoms. The van der Waals surface area contributed by atoms with Crippen molar-refractivity contribution >= 4 is 11.6 Å². The van der Waals surface area contributed by atoms with E-state index in [1.807, 2.05) is 13.8 Å². The van der Waals surface area contributed by atoms with Crippen LogP contribution in [0.4, 0.5) is 5.69 Å². The zero-order valence-electron chi connectivity index (χ0n) is 12.6. The average Bonchev–Trinajstić information content (AvgIpc) is 2.42. The van der Waals surface area contributed by atoms with Gasteiger partial charge in [-0.05, 0) is 38.0 Å². The summed E-state index contributed by atoms with van der Waals surface area (Å²) in [4.78, 5) is 14.0. The molecule has 3 heteroatoms. The monoisotopic (exact) mass is 262 g/mol. The molecule has 1 rings (SSSR count). The number of nitrogens with one attached hydrogen (secondary N) is 1. The summed E-state index contributed by atoms with van der Waals surface area (Å²) in [6.45, 7) is 10.7. The molecule has 0 aliphatic carbocycles. The van der Waals surface area contributed by atoms with Gasteiger partial charge in [0.2, 0.25) is 5.91 Å². The minimum absolute atomic E-state index is 0.106. The van der Waals surface area contributed by atoms with Crippen LogP contribution in [-0.2, 0) is 4.79 Å². The molecular formula is C16H26N2O. The van der Waals surface area contributed by atoms with Gasteiger partial charge in [0.1, 0.15) is 0 Å². The summed E-state index contributed by atoms with van der Waals surface area (Å²) >= 11 is 0. The number of benzene rings is 1. The summed E-state index contributed by atoms with van der Waals surface area (Å²) in [5.41, 5.74) is 2.49. The van der Waals surface area contributed by atoms with Crippen molar-refractivity contribution in [1.29, 1.82) is 0 Å². The van der Waals surface area contributed by atoms with Gasteiger partial charge in [0.05, 0.1) is 0 Å². The van der Waals surface area contributed by atoms with E-state index in [4.69, 9.17) is 0 Å². The van der Waals surface area contributed by atoms with Crippen LogP contribution < -0.4 is 10.2 Å². The number of nitrogens with zero attached hydrogens (tertiary/aromatic N) is 1. The van der Waals surface area contributed by atoms with E-state index < -0.39 is 0 Å². The normalized spacial score (nSPS) is 12.0. The van der Waals surface area contributed by atoms with Crippen molar-refractivity contribution in [3.8, 4) is 0 Å². The SMILES string of the molecule is CCC(C)C(=O)NCCN(CC)c1cccc(C)c1. The van der Waals surface area contributed by atoms with Gasteiger partial charge in [0, 0.05) is 31.2 Å². The first-order valence-electron chi connectivity index (χ1n) is 7.17. The van der Waals surface area contributed by atoms with Gasteiger partial charge in [-0.15, -0.1) is 0 Å². The summed E-state index contributed by atoms with van der Waals surface area (Å²) in [5.74, 6) is 0.261. The quantitative estimate of drug-likeness (QED) is 0.819. The Labute approximate surface area is 117 Å². The topological polar surface area (TPSA) is 32.3 Å². The number of hydrogen-bond donors (Lipinski definition) is 1. The molecule has 0 fully saturated rings. The van der Waals surface area contributed by atoms with Crippen molar-refractivity contribution < 1.29 is 4.79 Å². The fourth-order valence-corrected chi connectivity index (χ4v) is 1.97. The van der Waals surface area contributed by atoms with Crippen LogP contribution in [0.15, 0.2) is 24.3 Å². The molecule has 1 aromatic rings. The molecule has 0 aliphatic heterocycles. The molecule has 1 unspecified atom stereocenters. The third-order valence-corrected chi connectivity index (χ3v) is 3.49. The number of anilines is 1. The van der Waals surface area contributed by atoms with E-state index in [1.54, 1.807) is 0 Å². The highest BCUT2D eigenvalue weighted by Gasteiger charge is 2.10. The van der Waals surface area contributed by atoms with E-state index in [-0.39, 0.29) is 11.8 Å². The lowest BCUT2D eigenvalue weighted by atomic mass is 10.1. The van der Waals surface area contributed by atoms with Crippen LogP contribution >= 0.6 is 0 Å². The molecule has 1 aromatic carbocycles. The average molecular weight is 262 g/mol. The van der Waals surface area contributed by atoms with Crippen LogP contribution in [0.1, 0.15) is 32.8 Å². The Morgan fingerprint density at radius 3 is 2.68 bits per heavy atom. The second-order valence-electron chi connectivity index (χ2n) is 5.02. The minimum Gasteiger partial charge on any atom is -0.370 e. The highest BCUT2D eigenvalue weighted by atomic mass is 16.1. The minimum atomic E-state index is 0.106. The van der Waals surface area contributed by atoms with Crippen LogP contribution in [0.25, 0.3) is 0 Å². The summed E-state index contributed by atoms with van der Waals surface area (Å²) in [5, 5.41) is 3.00. The fraction of sp³-hybridized carbons (Fsp3) is 0.562. The van der Waals surface area contributed by atoms with Gasteiger partial charge in [-0.3, -0.25) is 4.79 Å². The van der Waals surface area contributed by atoms with Gasteiger partial charge >= 0.3 is 0 Å². The molecule has 106 valence electrons. The van der Waals surface area contributed by atoms with Crippen LogP contribution in [0.2, 0.25) is 0 Å². The maximum atomic E-state index is 11.7. The van der Waals surface area contributed by atoms with E-state index in [0.29, 0.717) is 6.54 Å². The molecule has 1 N–H and O–H groups in total. The largest absolute Gasteiger partial charge is 0.370 e. The van der Waals surface area contributed by atoms with Crippen molar-refractivity contribution in [2.75, 3.05) is 24.5 Å². The Hall–Kier alpha value is -1.51. The Kier molecular flexibility index (Phi) is 6.40. The van der Waals surface area contributed by atoms with Crippen LogP contribution in [0.3, 0.4) is 0 Å². The lowest BCUT2D eigenvalue weighted by Gasteiger charge is -2.24. The standard InChI is InChI=1S/C16H26N2O/c1-5-14(4)16(19)17-10-11-18(6-2)15-9-7-8-13(3)12-15/h7-9,12,14H,5-6,10-11H2,1-4H3,(H,17,19). The molecule has 0 aliphatic rings. The summed E-state index contributed by atoms with van der Waals surface area (Å²) < 4.78 is 0. The maximum Gasteiger partial charge on any atom is 0.222 e.